The van der Waals surface area contributed by atoms with E-state index in [2.05, 4.69) is 48.2 Å². The van der Waals surface area contributed by atoms with Gasteiger partial charge in [0.1, 0.15) is 12.2 Å². The topological polar surface area (TPSA) is 56.7 Å². The van der Waals surface area contributed by atoms with Crippen molar-refractivity contribution < 1.29 is 0 Å². The zero-order valence-corrected chi connectivity index (χ0v) is 11.0. The SMILES string of the molecule is CCn1ncnc1CC(CN)c1ccc(C)cc1. The number of hydrogen-bond donors (Lipinski definition) is 1. The molecule has 18 heavy (non-hydrogen) atoms. The lowest BCUT2D eigenvalue weighted by atomic mass is 9.95. The summed E-state index contributed by atoms with van der Waals surface area (Å²) in [5, 5.41) is 4.19. The van der Waals surface area contributed by atoms with Gasteiger partial charge in [0.05, 0.1) is 0 Å². The molecule has 0 saturated carbocycles. The van der Waals surface area contributed by atoms with Gasteiger partial charge in [0.15, 0.2) is 0 Å². The molecule has 0 fully saturated rings. The van der Waals surface area contributed by atoms with Crippen LogP contribution in [-0.2, 0) is 13.0 Å². The van der Waals surface area contributed by atoms with Crippen LogP contribution in [0.4, 0.5) is 0 Å². The number of rotatable bonds is 5. The van der Waals surface area contributed by atoms with E-state index in [1.54, 1.807) is 6.33 Å². The summed E-state index contributed by atoms with van der Waals surface area (Å²) in [6.45, 7) is 5.64. The first-order valence-electron chi connectivity index (χ1n) is 6.38. The Morgan fingerprint density at radius 2 is 2.00 bits per heavy atom. The summed E-state index contributed by atoms with van der Waals surface area (Å²) >= 11 is 0. The van der Waals surface area contributed by atoms with Gasteiger partial charge < -0.3 is 5.73 Å². The van der Waals surface area contributed by atoms with Crippen LogP contribution in [0.1, 0.15) is 29.8 Å². The van der Waals surface area contributed by atoms with Gasteiger partial charge in [0, 0.05) is 18.9 Å². The van der Waals surface area contributed by atoms with Gasteiger partial charge in [-0.3, -0.25) is 4.68 Å². The highest BCUT2D eigenvalue weighted by molar-refractivity contribution is 5.25. The highest BCUT2D eigenvalue weighted by Crippen LogP contribution is 2.19. The van der Waals surface area contributed by atoms with Crippen LogP contribution >= 0.6 is 0 Å². The van der Waals surface area contributed by atoms with Crippen molar-refractivity contribution in [3.8, 4) is 0 Å². The molecular weight excluding hydrogens is 224 g/mol. The molecule has 0 aliphatic rings. The minimum absolute atomic E-state index is 0.306. The molecule has 0 amide bonds. The monoisotopic (exact) mass is 244 g/mol. The van der Waals surface area contributed by atoms with E-state index >= 15 is 0 Å². The number of hydrogen-bond acceptors (Lipinski definition) is 3. The predicted molar refractivity (Wildman–Crippen MR) is 72.4 cm³/mol. The summed E-state index contributed by atoms with van der Waals surface area (Å²) in [6, 6.07) is 8.56. The summed E-state index contributed by atoms with van der Waals surface area (Å²) in [7, 11) is 0. The van der Waals surface area contributed by atoms with Crippen molar-refractivity contribution in [2.45, 2.75) is 32.7 Å². The van der Waals surface area contributed by atoms with Crippen molar-refractivity contribution in [2.24, 2.45) is 5.73 Å². The second-order valence-corrected chi connectivity index (χ2v) is 4.54. The second kappa shape index (κ2) is 5.78. The normalized spacial score (nSPS) is 12.6. The molecular formula is C14H20N4. The van der Waals surface area contributed by atoms with Gasteiger partial charge in [-0.15, -0.1) is 0 Å². The Bertz CT molecular complexity index is 487. The molecule has 0 aliphatic heterocycles. The summed E-state index contributed by atoms with van der Waals surface area (Å²) in [4.78, 5) is 4.31. The van der Waals surface area contributed by atoms with Crippen LogP contribution in [0, 0.1) is 6.92 Å². The largest absolute Gasteiger partial charge is 0.330 e. The molecule has 4 heteroatoms. The molecule has 96 valence electrons. The van der Waals surface area contributed by atoms with E-state index in [4.69, 9.17) is 5.73 Å². The van der Waals surface area contributed by atoms with Crippen molar-refractivity contribution in [2.75, 3.05) is 6.54 Å². The maximum atomic E-state index is 5.89. The van der Waals surface area contributed by atoms with E-state index in [1.165, 1.54) is 11.1 Å². The van der Waals surface area contributed by atoms with Gasteiger partial charge >= 0.3 is 0 Å². The number of aryl methyl sites for hydroxylation is 2. The minimum Gasteiger partial charge on any atom is -0.330 e. The minimum atomic E-state index is 0.306. The lowest BCUT2D eigenvalue weighted by molar-refractivity contribution is 0.576. The fraction of sp³-hybridized carbons (Fsp3) is 0.429. The molecule has 4 nitrogen and oxygen atoms in total. The zero-order valence-electron chi connectivity index (χ0n) is 11.0. The molecule has 2 rings (SSSR count). The lowest BCUT2D eigenvalue weighted by Gasteiger charge is -2.15. The molecule has 0 bridgehead atoms. The van der Waals surface area contributed by atoms with Gasteiger partial charge in [0.2, 0.25) is 0 Å². The van der Waals surface area contributed by atoms with Crippen LogP contribution in [0.25, 0.3) is 0 Å². The standard InChI is InChI=1S/C14H20N4/c1-3-18-14(16-10-17-18)8-13(9-15)12-6-4-11(2)5-7-12/h4-7,10,13H,3,8-9,15H2,1-2H3. The van der Waals surface area contributed by atoms with E-state index in [-0.39, 0.29) is 0 Å². The average Bonchev–Trinajstić information content (AvgIpc) is 2.84. The fourth-order valence-corrected chi connectivity index (χ4v) is 2.11. The van der Waals surface area contributed by atoms with Crippen LogP contribution in [0.2, 0.25) is 0 Å². The lowest BCUT2D eigenvalue weighted by Crippen LogP contribution is -2.17. The molecule has 1 atom stereocenters. The number of nitrogens with two attached hydrogens (primary N) is 1. The van der Waals surface area contributed by atoms with Crippen molar-refractivity contribution in [1.29, 1.82) is 0 Å². The maximum absolute atomic E-state index is 5.89. The predicted octanol–water partition coefficient (Wildman–Crippen LogP) is 1.89. The van der Waals surface area contributed by atoms with Crippen molar-refractivity contribution in [3.05, 3.63) is 47.5 Å². The highest BCUT2D eigenvalue weighted by Gasteiger charge is 2.14. The summed E-state index contributed by atoms with van der Waals surface area (Å²) in [5.41, 5.74) is 8.44. The summed E-state index contributed by atoms with van der Waals surface area (Å²) < 4.78 is 1.93. The van der Waals surface area contributed by atoms with Crippen molar-refractivity contribution in [1.82, 2.24) is 14.8 Å². The van der Waals surface area contributed by atoms with E-state index in [0.717, 1.165) is 18.8 Å². The number of nitrogens with zero attached hydrogens (tertiary/aromatic N) is 3. The smallest absolute Gasteiger partial charge is 0.138 e. The van der Waals surface area contributed by atoms with Gasteiger partial charge in [-0.25, -0.2) is 4.98 Å². The van der Waals surface area contributed by atoms with Gasteiger partial charge in [0.25, 0.3) is 0 Å². The van der Waals surface area contributed by atoms with Crippen molar-refractivity contribution >= 4 is 0 Å². The van der Waals surface area contributed by atoms with Crippen LogP contribution in [0.5, 0.6) is 0 Å². The molecule has 2 N–H and O–H groups in total. The average molecular weight is 244 g/mol. The number of benzene rings is 1. The quantitative estimate of drug-likeness (QED) is 0.873. The van der Waals surface area contributed by atoms with E-state index in [9.17, 15) is 0 Å². The first-order chi connectivity index (χ1) is 8.74. The van der Waals surface area contributed by atoms with E-state index < -0.39 is 0 Å². The molecule has 2 aromatic rings. The first kappa shape index (κ1) is 12.8. The maximum Gasteiger partial charge on any atom is 0.138 e. The zero-order chi connectivity index (χ0) is 13.0. The Kier molecular flexibility index (Phi) is 4.10. The van der Waals surface area contributed by atoms with Gasteiger partial charge in [-0.2, -0.15) is 5.10 Å². The fourth-order valence-electron chi connectivity index (χ4n) is 2.11. The van der Waals surface area contributed by atoms with Crippen LogP contribution in [0.3, 0.4) is 0 Å². The number of aromatic nitrogens is 3. The first-order valence-corrected chi connectivity index (χ1v) is 6.38. The van der Waals surface area contributed by atoms with Crippen molar-refractivity contribution in [3.63, 3.8) is 0 Å². The van der Waals surface area contributed by atoms with Crippen LogP contribution in [-0.4, -0.2) is 21.3 Å². The van der Waals surface area contributed by atoms with E-state index in [0.29, 0.717) is 12.5 Å². The Morgan fingerprint density at radius 1 is 1.28 bits per heavy atom. The molecule has 0 radical (unpaired) electrons. The molecule has 1 unspecified atom stereocenters. The summed E-state index contributed by atoms with van der Waals surface area (Å²) in [5.74, 6) is 1.31. The highest BCUT2D eigenvalue weighted by atomic mass is 15.3. The Morgan fingerprint density at radius 3 is 2.61 bits per heavy atom. The summed E-state index contributed by atoms with van der Waals surface area (Å²) in [6.07, 6.45) is 2.45. The molecule has 0 spiro atoms. The second-order valence-electron chi connectivity index (χ2n) is 4.54. The molecule has 1 heterocycles. The van der Waals surface area contributed by atoms with Crippen LogP contribution in [0.15, 0.2) is 30.6 Å². The third-order valence-electron chi connectivity index (χ3n) is 3.26. The van der Waals surface area contributed by atoms with Crippen LogP contribution < -0.4 is 5.73 Å². The molecule has 1 aromatic heterocycles. The van der Waals surface area contributed by atoms with E-state index in [1.807, 2.05) is 4.68 Å². The Hall–Kier alpha value is -1.68. The van der Waals surface area contributed by atoms with Gasteiger partial charge in [-0.05, 0) is 26.0 Å². The molecule has 1 aromatic carbocycles. The molecule has 0 saturated heterocycles. The Labute approximate surface area is 108 Å². The Balaban J connectivity index is 2.17. The third kappa shape index (κ3) is 2.76. The van der Waals surface area contributed by atoms with Gasteiger partial charge in [-0.1, -0.05) is 29.8 Å². The molecule has 0 aliphatic carbocycles. The third-order valence-corrected chi connectivity index (χ3v) is 3.26.